The van der Waals surface area contributed by atoms with Crippen LogP contribution in [0.3, 0.4) is 0 Å². The Morgan fingerprint density at radius 3 is 1.73 bits per heavy atom. The van der Waals surface area contributed by atoms with Crippen molar-refractivity contribution in [1.82, 2.24) is 10.2 Å². The predicted molar refractivity (Wildman–Crippen MR) is 140 cm³/mol. The average Bonchev–Trinajstić information content (AvgIpc) is 3.20. The number of amides is 4. The molecule has 8 heteroatoms. The summed E-state index contributed by atoms with van der Waals surface area (Å²) in [6, 6.07) is 33.5. The molecule has 1 heterocycles. The summed E-state index contributed by atoms with van der Waals surface area (Å²) in [5.41, 5.74) is 1.67. The van der Waals surface area contributed by atoms with Gasteiger partial charge < -0.3 is 10.6 Å². The van der Waals surface area contributed by atoms with Crippen LogP contribution in [0.15, 0.2) is 125 Å². The van der Waals surface area contributed by atoms with Crippen LogP contribution in [0.25, 0.3) is 0 Å². The first-order valence-electron chi connectivity index (χ1n) is 11.7. The Morgan fingerprint density at radius 1 is 0.703 bits per heavy atom. The standard InChI is InChI=1S/C29H23N5O3/c35-26(30-23-16-18-25(19-17-23)33-32-24-14-8-3-9-15-24)20-34-27(36)29(31-28(34)37,21-10-4-1-5-11-21)22-12-6-2-7-13-22/h1-19H,20H2,(H,30,35)(H,31,37). The molecule has 4 amide bonds. The molecule has 1 fully saturated rings. The van der Waals surface area contributed by atoms with Gasteiger partial charge in [0.15, 0.2) is 5.54 Å². The summed E-state index contributed by atoms with van der Waals surface area (Å²) in [6.45, 7) is -0.429. The lowest BCUT2D eigenvalue weighted by molar-refractivity contribution is -0.133. The molecule has 0 bridgehead atoms. The molecule has 4 aromatic carbocycles. The van der Waals surface area contributed by atoms with Crippen molar-refractivity contribution in [1.29, 1.82) is 0 Å². The molecule has 0 unspecified atom stereocenters. The van der Waals surface area contributed by atoms with E-state index in [2.05, 4.69) is 20.9 Å². The SMILES string of the molecule is O=C(CN1C(=O)NC(c2ccccc2)(c2ccccc2)C1=O)Nc1ccc(N=Nc2ccccc2)cc1. The smallest absolute Gasteiger partial charge is 0.325 e. The van der Waals surface area contributed by atoms with E-state index in [9.17, 15) is 14.4 Å². The summed E-state index contributed by atoms with van der Waals surface area (Å²) in [4.78, 5) is 40.4. The topological polar surface area (TPSA) is 103 Å². The van der Waals surface area contributed by atoms with Crippen molar-refractivity contribution in [2.75, 3.05) is 11.9 Å². The fourth-order valence-corrected chi connectivity index (χ4v) is 4.22. The average molecular weight is 490 g/mol. The van der Waals surface area contributed by atoms with Crippen LogP contribution >= 0.6 is 0 Å². The summed E-state index contributed by atoms with van der Waals surface area (Å²) in [5, 5.41) is 13.9. The number of hydrogen-bond donors (Lipinski definition) is 2. The summed E-state index contributed by atoms with van der Waals surface area (Å²) in [7, 11) is 0. The van der Waals surface area contributed by atoms with E-state index in [1.807, 2.05) is 42.5 Å². The number of urea groups is 1. The molecule has 37 heavy (non-hydrogen) atoms. The minimum absolute atomic E-state index is 0.429. The van der Waals surface area contributed by atoms with E-state index < -0.39 is 29.9 Å². The van der Waals surface area contributed by atoms with Crippen LogP contribution in [0, 0.1) is 0 Å². The fraction of sp³-hybridized carbons (Fsp3) is 0.0690. The molecule has 182 valence electrons. The zero-order valence-corrected chi connectivity index (χ0v) is 19.7. The predicted octanol–water partition coefficient (Wildman–Crippen LogP) is 5.54. The molecule has 1 aliphatic rings. The molecule has 1 saturated heterocycles. The summed E-state index contributed by atoms with van der Waals surface area (Å²) >= 11 is 0. The highest BCUT2D eigenvalue weighted by Gasteiger charge is 2.54. The Labute approximate surface area is 213 Å². The molecule has 5 rings (SSSR count). The van der Waals surface area contributed by atoms with E-state index >= 15 is 0 Å². The van der Waals surface area contributed by atoms with Crippen molar-refractivity contribution in [3.05, 3.63) is 126 Å². The lowest BCUT2D eigenvalue weighted by atomic mass is 9.82. The minimum Gasteiger partial charge on any atom is -0.325 e. The highest BCUT2D eigenvalue weighted by molar-refractivity contribution is 6.12. The summed E-state index contributed by atoms with van der Waals surface area (Å²) in [6.07, 6.45) is 0. The van der Waals surface area contributed by atoms with E-state index in [1.165, 1.54) is 0 Å². The lowest BCUT2D eigenvalue weighted by Crippen LogP contribution is -2.45. The van der Waals surface area contributed by atoms with Crippen LogP contribution in [0.4, 0.5) is 21.9 Å². The lowest BCUT2D eigenvalue weighted by Gasteiger charge is -2.28. The molecule has 8 nitrogen and oxygen atoms in total. The highest BCUT2D eigenvalue weighted by atomic mass is 16.2. The number of azo groups is 1. The molecule has 0 aliphatic carbocycles. The van der Waals surface area contributed by atoms with Gasteiger partial charge >= 0.3 is 6.03 Å². The van der Waals surface area contributed by atoms with Crippen molar-refractivity contribution in [3.63, 3.8) is 0 Å². The zero-order chi connectivity index (χ0) is 25.7. The first-order chi connectivity index (χ1) is 18.1. The van der Waals surface area contributed by atoms with Crippen LogP contribution < -0.4 is 10.6 Å². The van der Waals surface area contributed by atoms with Gasteiger partial charge in [0.1, 0.15) is 6.54 Å². The van der Waals surface area contributed by atoms with E-state index in [0.717, 1.165) is 10.6 Å². The molecule has 0 spiro atoms. The fourth-order valence-electron chi connectivity index (χ4n) is 4.22. The first-order valence-corrected chi connectivity index (χ1v) is 11.7. The van der Waals surface area contributed by atoms with Gasteiger partial charge in [0.2, 0.25) is 5.91 Å². The van der Waals surface area contributed by atoms with Crippen molar-refractivity contribution in [2.45, 2.75) is 5.54 Å². The van der Waals surface area contributed by atoms with E-state index in [4.69, 9.17) is 0 Å². The monoisotopic (exact) mass is 489 g/mol. The van der Waals surface area contributed by atoms with Crippen molar-refractivity contribution < 1.29 is 14.4 Å². The number of imide groups is 1. The number of anilines is 1. The number of rotatable bonds is 7. The second-order valence-electron chi connectivity index (χ2n) is 8.43. The number of benzene rings is 4. The van der Waals surface area contributed by atoms with E-state index in [1.54, 1.807) is 72.8 Å². The van der Waals surface area contributed by atoms with Gasteiger partial charge in [-0.25, -0.2) is 4.79 Å². The Kier molecular flexibility index (Phi) is 6.54. The Bertz CT molecular complexity index is 1400. The summed E-state index contributed by atoms with van der Waals surface area (Å²) < 4.78 is 0. The van der Waals surface area contributed by atoms with Gasteiger partial charge in [-0.3, -0.25) is 14.5 Å². The molecule has 0 radical (unpaired) electrons. The molecule has 4 aromatic rings. The van der Waals surface area contributed by atoms with Gasteiger partial charge in [-0.1, -0.05) is 78.9 Å². The Balaban J connectivity index is 1.30. The van der Waals surface area contributed by atoms with Gasteiger partial charge in [0, 0.05) is 5.69 Å². The third-order valence-electron chi connectivity index (χ3n) is 6.01. The largest absolute Gasteiger partial charge is 0.326 e. The Morgan fingerprint density at radius 2 is 1.19 bits per heavy atom. The molecule has 0 atom stereocenters. The normalized spacial score (nSPS) is 14.5. The van der Waals surface area contributed by atoms with Crippen molar-refractivity contribution in [2.24, 2.45) is 10.2 Å². The molecule has 2 N–H and O–H groups in total. The highest BCUT2D eigenvalue weighted by Crippen LogP contribution is 2.36. The first kappa shape index (κ1) is 23.6. The third-order valence-corrected chi connectivity index (χ3v) is 6.01. The third kappa shape index (κ3) is 4.85. The molecular formula is C29H23N5O3. The van der Waals surface area contributed by atoms with Gasteiger partial charge in [-0.05, 0) is 47.5 Å². The number of hydrogen-bond acceptors (Lipinski definition) is 5. The molecular weight excluding hydrogens is 466 g/mol. The van der Waals surface area contributed by atoms with Gasteiger partial charge in [-0.15, -0.1) is 0 Å². The quantitative estimate of drug-likeness (QED) is 0.263. The van der Waals surface area contributed by atoms with Gasteiger partial charge in [0.25, 0.3) is 5.91 Å². The maximum atomic E-state index is 13.7. The number of nitrogens with zero attached hydrogens (tertiary/aromatic N) is 3. The number of nitrogens with one attached hydrogen (secondary N) is 2. The van der Waals surface area contributed by atoms with Crippen LogP contribution in [-0.4, -0.2) is 29.3 Å². The Hall–Kier alpha value is -5.11. The second kappa shape index (κ2) is 10.2. The van der Waals surface area contributed by atoms with Crippen molar-refractivity contribution in [3.8, 4) is 0 Å². The van der Waals surface area contributed by atoms with Crippen LogP contribution in [0.1, 0.15) is 11.1 Å². The van der Waals surface area contributed by atoms with Crippen LogP contribution in [0.2, 0.25) is 0 Å². The van der Waals surface area contributed by atoms with E-state index in [-0.39, 0.29) is 0 Å². The number of carbonyl (C=O) groups is 3. The van der Waals surface area contributed by atoms with Gasteiger partial charge in [0.05, 0.1) is 11.4 Å². The summed E-state index contributed by atoms with van der Waals surface area (Å²) in [5.74, 6) is -1.01. The zero-order valence-electron chi connectivity index (χ0n) is 19.7. The maximum absolute atomic E-state index is 13.7. The van der Waals surface area contributed by atoms with Crippen LogP contribution in [0.5, 0.6) is 0 Å². The van der Waals surface area contributed by atoms with Crippen LogP contribution in [-0.2, 0) is 15.1 Å². The minimum atomic E-state index is -1.41. The molecule has 1 aliphatic heterocycles. The maximum Gasteiger partial charge on any atom is 0.326 e. The second-order valence-corrected chi connectivity index (χ2v) is 8.43. The number of carbonyl (C=O) groups excluding carboxylic acids is 3. The van der Waals surface area contributed by atoms with E-state index in [0.29, 0.717) is 22.5 Å². The molecule has 0 aromatic heterocycles. The molecule has 0 saturated carbocycles. The van der Waals surface area contributed by atoms with Gasteiger partial charge in [-0.2, -0.15) is 10.2 Å². The van der Waals surface area contributed by atoms with Crippen molar-refractivity contribution >= 4 is 34.9 Å².